The molecule has 5 nitrogen and oxygen atoms in total. The van der Waals surface area contributed by atoms with Crippen molar-refractivity contribution in [1.82, 2.24) is 0 Å². The maximum Gasteiger partial charge on any atom is 0.306 e. The lowest BCUT2D eigenvalue weighted by atomic mass is 10.2. The molecular weight excluding hydrogens is 402 g/mol. The molecule has 5 heteroatoms. The number of allylic oxidation sites excluding steroid dienone is 8. The highest BCUT2D eigenvalue weighted by atomic mass is 16.5. The monoisotopic (exact) mass is 447 g/mol. The highest BCUT2D eigenvalue weighted by Crippen LogP contribution is 2.08. The van der Waals surface area contributed by atoms with Gasteiger partial charge in [0.2, 0.25) is 0 Å². The van der Waals surface area contributed by atoms with Gasteiger partial charge in [0, 0.05) is 18.8 Å². The smallest absolute Gasteiger partial charge is 0.306 e. The molecule has 0 bridgehead atoms. The topological polar surface area (TPSA) is 66.4 Å². The van der Waals surface area contributed by atoms with Crippen LogP contribution in [0.5, 0.6) is 0 Å². The van der Waals surface area contributed by atoms with E-state index in [1.165, 1.54) is 25.7 Å². The second-order valence-corrected chi connectivity index (χ2v) is 9.14. The fourth-order valence-electron chi connectivity index (χ4n) is 3.11. The summed E-state index contributed by atoms with van der Waals surface area (Å²) >= 11 is 0. The first-order valence-corrected chi connectivity index (χ1v) is 12.0. The first-order valence-electron chi connectivity index (χ1n) is 12.0. The van der Waals surface area contributed by atoms with Crippen LogP contribution in [0.25, 0.3) is 0 Å². The van der Waals surface area contributed by atoms with Crippen LogP contribution in [0.15, 0.2) is 48.6 Å². The Morgan fingerprint density at radius 1 is 0.812 bits per heavy atom. The standard InChI is InChI=1S/C27H45NO4/c1-5-6-7-8-9-10-11-12-13-14-15-16-17-18-19-20-21-22-27(31)32-25(23-26(29)30)24-28(2,3)4/h9-10,12-13,15-16,18-19,25H,5-8,11,14,17,20-24H2,1-4H3. The van der Waals surface area contributed by atoms with E-state index in [1.54, 1.807) is 0 Å². The molecule has 32 heavy (non-hydrogen) atoms. The van der Waals surface area contributed by atoms with Crippen molar-refractivity contribution in [1.29, 1.82) is 0 Å². The highest BCUT2D eigenvalue weighted by molar-refractivity contribution is 5.70. The predicted octanol–water partition coefficient (Wildman–Crippen LogP) is 4.89. The fourth-order valence-corrected chi connectivity index (χ4v) is 3.11. The minimum Gasteiger partial charge on any atom is -0.550 e. The molecule has 0 aliphatic heterocycles. The van der Waals surface area contributed by atoms with Gasteiger partial charge in [-0.2, -0.15) is 0 Å². The average molecular weight is 448 g/mol. The molecule has 182 valence electrons. The van der Waals surface area contributed by atoms with Gasteiger partial charge in [-0.25, -0.2) is 0 Å². The number of likely N-dealkylation sites (N-methyl/N-ethyl adjacent to an activating group) is 1. The van der Waals surface area contributed by atoms with Crippen LogP contribution in [0.4, 0.5) is 0 Å². The Balaban J connectivity index is 3.86. The Bertz CT molecular complexity index is 612. The number of quaternary nitrogens is 1. The number of carbonyl (C=O) groups is 2. The molecule has 1 unspecified atom stereocenters. The van der Waals surface area contributed by atoms with Crippen molar-refractivity contribution in [3.05, 3.63) is 48.6 Å². The zero-order valence-corrected chi connectivity index (χ0v) is 20.8. The van der Waals surface area contributed by atoms with E-state index in [4.69, 9.17) is 4.74 Å². The SMILES string of the molecule is CCCCCC=CCC=CCC=CCC=CCCCC(=O)OC(CC(=O)[O-])C[N+](C)(C)C. The van der Waals surface area contributed by atoms with Crippen molar-refractivity contribution in [2.24, 2.45) is 0 Å². The van der Waals surface area contributed by atoms with E-state index >= 15 is 0 Å². The number of carbonyl (C=O) groups excluding carboxylic acids is 2. The fraction of sp³-hybridized carbons (Fsp3) is 0.630. The van der Waals surface area contributed by atoms with Gasteiger partial charge in [0.05, 0.1) is 21.1 Å². The molecule has 0 rings (SSSR count). The molecule has 1 atom stereocenters. The van der Waals surface area contributed by atoms with E-state index in [-0.39, 0.29) is 12.4 Å². The number of ether oxygens (including phenoxy) is 1. The van der Waals surface area contributed by atoms with Crippen molar-refractivity contribution in [3.8, 4) is 0 Å². The van der Waals surface area contributed by atoms with Crippen LogP contribution in [0.1, 0.15) is 77.6 Å². The van der Waals surface area contributed by atoms with Crippen LogP contribution >= 0.6 is 0 Å². The number of nitrogens with zero attached hydrogens (tertiary/aromatic N) is 1. The van der Waals surface area contributed by atoms with Crippen molar-refractivity contribution >= 4 is 11.9 Å². The number of carboxylic acid groups (broad SMARTS) is 1. The van der Waals surface area contributed by atoms with Gasteiger partial charge >= 0.3 is 5.97 Å². The number of aliphatic carboxylic acids is 1. The third-order valence-electron chi connectivity index (χ3n) is 4.65. The first kappa shape index (κ1) is 29.9. The van der Waals surface area contributed by atoms with Gasteiger partial charge in [-0.15, -0.1) is 0 Å². The third-order valence-corrected chi connectivity index (χ3v) is 4.65. The molecule has 0 amide bonds. The lowest BCUT2D eigenvalue weighted by Gasteiger charge is -2.29. The van der Waals surface area contributed by atoms with Gasteiger partial charge in [-0.3, -0.25) is 4.79 Å². The molecular formula is C27H45NO4. The van der Waals surface area contributed by atoms with Crippen LogP contribution in [0.3, 0.4) is 0 Å². The number of carboxylic acids is 1. The van der Waals surface area contributed by atoms with Gasteiger partial charge in [-0.05, 0) is 44.9 Å². The number of unbranched alkanes of at least 4 members (excludes halogenated alkanes) is 4. The number of hydrogen-bond acceptors (Lipinski definition) is 4. The second kappa shape index (κ2) is 19.5. The van der Waals surface area contributed by atoms with Crippen LogP contribution in [-0.2, 0) is 14.3 Å². The first-order chi connectivity index (χ1) is 15.2. The van der Waals surface area contributed by atoms with Crippen LogP contribution in [0.2, 0.25) is 0 Å². The molecule has 0 saturated carbocycles. The average Bonchev–Trinajstić information content (AvgIpc) is 2.68. The molecule has 0 aromatic heterocycles. The van der Waals surface area contributed by atoms with Crippen LogP contribution in [-0.4, -0.2) is 50.2 Å². The lowest BCUT2D eigenvalue weighted by molar-refractivity contribution is -0.873. The van der Waals surface area contributed by atoms with E-state index < -0.39 is 12.1 Å². The quantitative estimate of drug-likeness (QED) is 0.122. The summed E-state index contributed by atoms with van der Waals surface area (Å²) in [6.07, 6.45) is 26.1. The van der Waals surface area contributed by atoms with Crippen molar-refractivity contribution < 1.29 is 23.9 Å². The van der Waals surface area contributed by atoms with E-state index in [2.05, 4.69) is 55.5 Å². The van der Waals surface area contributed by atoms with E-state index in [1.807, 2.05) is 21.1 Å². The summed E-state index contributed by atoms with van der Waals surface area (Å²) in [6.45, 7) is 2.67. The van der Waals surface area contributed by atoms with E-state index in [9.17, 15) is 14.7 Å². The minimum absolute atomic E-state index is 0.265. The normalized spacial score (nSPS) is 13.6. The minimum atomic E-state index is -1.20. The molecule has 0 aromatic rings. The van der Waals surface area contributed by atoms with Gasteiger partial charge in [-0.1, -0.05) is 68.4 Å². The predicted molar refractivity (Wildman–Crippen MR) is 131 cm³/mol. The maximum atomic E-state index is 12.0. The summed E-state index contributed by atoms with van der Waals surface area (Å²) in [6, 6.07) is 0. The third kappa shape index (κ3) is 22.5. The second-order valence-electron chi connectivity index (χ2n) is 9.14. The maximum absolute atomic E-state index is 12.0. The summed E-state index contributed by atoms with van der Waals surface area (Å²) in [5, 5.41) is 10.9. The summed E-state index contributed by atoms with van der Waals surface area (Å²) in [5.41, 5.74) is 0. The molecule has 0 N–H and O–H groups in total. The highest BCUT2D eigenvalue weighted by Gasteiger charge is 2.22. The van der Waals surface area contributed by atoms with Crippen LogP contribution < -0.4 is 5.11 Å². The summed E-state index contributed by atoms with van der Waals surface area (Å²) in [4.78, 5) is 22.9. The summed E-state index contributed by atoms with van der Waals surface area (Å²) < 4.78 is 5.87. The summed E-state index contributed by atoms with van der Waals surface area (Å²) in [7, 11) is 5.79. The molecule has 0 spiro atoms. The van der Waals surface area contributed by atoms with Crippen molar-refractivity contribution in [2.45, 2.75) is 83.7 Å². The molecule has 0 saturated heterocycles. The number of esters is 1. The van der Waals surface area contributed by atoms with Gasteiger partial charge < -0.3 is 19.1 Å². The van der Waals surface area contributed by atoms with Gasteiger partial charge in [0.1, 0.15) is 6.54 Å². The molecule has 0 fully saturated rings. The Morgan fingerprint density at radius 2 is 1.31 bits per heavy atom. The van der Waals surface area contributed by atoms with Gasteiger partial charge in [0.25, 0.3) is 0 Å². The molecule has 0 heterocycles. The molecule has 0 aliphatic carbocycles. The van der Waals surface area contributed by atoms with E-state index in [0.717, 1.165) is 25.7 Å². The van der Waals surface area contributed by atoms with Crippen molar-refractivity contribution in [2.75, 3.05) is 27.7 Å². The molecule has 0 aromatic carbocycles. The largest absolute Gasteiger partial charge is 0.550 e. The molecule has 0 aliphatic rings. The molecule has 0 radical (unpaired) electrons. The van der Waals surface area contributed by atoms with Crippen LogP contribution in [0, 0.1) is 0 Å². The van der Waals surface area contributed by atoms with E-state index in [0.29, 0.717) is 23.9 Å². The zero-order chi connectivity index (χ0) is 24.1. The number of hydrogen-bond donors (Lipinski definition) is 0. The lowest BCUT2D eigenvalue weighted by Crippen LogP contribution is -2.45. The van der Waals surface area contributed by atoms with Gasteiger partial charge in [0.15, 0.2) is 6.10 Å². The Labute approximate surface area is 196 Å². The Hall–Kier alpha value is -2.14. The zero-order valence-electron chi connectivity index (χ0n) is 20.8. The summed E-state index contributed by atoms with van der Waals surface area (Å²) in [5.74, 6) is -1.54. The Morgan fingerprint density at radius 3 is 1.78 bits per heavy atom. The van der Waals surface area contributed by atoms with Crippen molar-refractivity contribution in [3.63, 3.8) is 0 Å². The number of rotatable bonds is 19. The Kier molecular flexibility index (Phi) is 18.2.